The van der Waals surface area contributed by atoms with E-state index in [0.29, 0.717) is 24.5 Å². The second-order valence-corrected chi connectivity index (χ2v) is 5.97. The second kappa shape index (κ2) is 6.08. The quantitative estimate of drug-likeness (QED) is 0.782. The molecule has 2 aliphatic rings. The molecule has 1 aliphatic carbocycles. The highest BCUT2D eigenvalue weighted by Crippen LogP contribution is 2.36. The topological polar surface area (TPSA) is 49.8 Å². The molecule has 0 bridgehead atoms. The van der Waals surface area contributed by atoms with E-state index in [9.17, 15) is 0 Å². The van der Waals surface area contributed by atoms with Gasteiger partial charge in [0, 0.05) is 52.2 Å². The van der Waals surface area contributed by atoms with Crippen molar-refractivity contribution >= 4 is 11.6 Å². The zero-order valence-corrected chi connectivity index (χ0v) is 13.1. The molecule has 0 aromatic carbocycles. The van der Waals surface area contributed by atoms with Gasteiger partial charge < -0.3 is 18.9 Å². The van der Waals surface area contributed by atoms with Crippen molar-refractivity contribution in [3.05, 3.63) is 23.0 Å². The van der Waals surface area contributed by atoms with Crippen molar-refractivity contribution in [1.82, 2.24) is 4.98 Å². The fourth-order valence-corrected chi connectivity index (χ4v) is 2.99. The van der Waals surface area contributed by atoms with Crippen LogP contribution in [0, 0.1) is 0 Å². The molecule has 5 nitrogen and oxygen atoms in total. The third kappa shape index (κ3) is 3.01. The van der Waals surface area contributed by atoms with Gasteiger partial charge >= 0.3 is 0 Å². The van der Waals surface area contributed by atoms with Crippen LogP contribution in [-0.2, 0) is 19.8 Å². The van der Waals surface area contributed by atoms with Crippen molar-refractivity contribution in [2.45, 2.75) is 37.1 Å². The summed E-state index contributed by atoms with van der Waals surface area (Å²) in [7, 11) is 3.40. The number of pyridine rings is 1. The van der Waals surface area contributed by atoms with Crippen LogP contribution in [-0.4, -0.2) is 44.6 Å². The van der Waals surface area contributed by atoms with E-state index >= 15 is 0 Å². The summed E-state index contributed by atoms with van der Waals surface area (Å²) in [5.74, 6) is 0.730. The molecular weight excluding hydrogens is 294 g/mol. The number of ether oxygens (including phenoxy) is 4. The van der Waals surface area contributed by atoms with E-state index in [1.807, 2.05) is 6.07 Å². The zero-order valence-electron chi connectivity index (χ0n) is 12.3. The van der Waals surface area contributed by atoms with Crippen LogP contribution in [0.3, 0.4) is 0 Å². The zero-order chi connectivity index (χ0) is 14.9. The molecular formula is C15H20ClNO4. The smallest absolute Gasteiger partial charge is 0.135 e. The summed E-state index contributed by atoms with van der Waals surface area (Å²) >= 11 is 6.14. The Balaban J connectivity index is 1.77. The summed E-state index contributed by atoms with van der Waals surface area (Å²) in [5, 5.41) is 0.411. The molecule has 1 unspecified atom stereocenters. The first-order valence-corrected chi connectivity index (χ1v) is 7.53. The van der Waals surface area contributed by atoms with Gasteiger partial charge in [-0.3, -0.25) is 0 Å². The van der Waals surface area contributed by atoms with Gasteiger partial charge in [0.2, 0.25) is 0 Å². The number of halogens is 1. The van der Waals surface area contributed by atoms with Crippen molar-refractivity contribution < 1.29 is 18.9 Å². The van der Waals surface area contributed by atoms with E-state index in [2.05, 4.69) is 4.98 Å². The first-order chi connectivity index (χ1) is 10.1. The van der Waals surface area contributed by atoms with Crippen LogP contribution < -0.4 is 4.74 Å². The Hall–Kier alpha value is -0.880. The van der Waals surface area contributed by atoms with Crippen LogP contribution in [0.2, 0.25) is 5.15 Å². The van der Waals surface area contributed by atoms with Gasteiger partial charge in [0.1, 0.15) is 22.6 Å². The largest absolute Gasteiger partial charge is 0.490 e. The number of rotatable bonds is 5. The minimum Gasteiger partial charge on any atom is -0.490 e. The molecule has 2 fully saturated rings. The van der Waals surface area contributed by atoms with E-state index in [1.54, 1.807) is 20.3 Å². The van der Waals surface area contributed by atoms with Gasteiger partial charge in [0.05, 0.1) is 18.4 Å². The number of hydrogen-bond donors (Lipinski definition) is 0. The molecule has 21 heavy (non-hydrogen) atoms. The molecule has 1 saturated heterocycles. The Morgan fingerprint density at radius 2 is 2.10 bits per heavy atom. The predicted octanol–water partition coefficient (Wildman–Crippen LogP) is 2.55. The van der Waals surface area contributed by atoms with E-state index in [-0.39, 0.29) is 6.10 Å². The third-order valence-electron chi connectivity index (χ3n) is 4.30. The van der Waals surface area contributed by atoms with Gasteiger partial charge in [-0.05, 0) is 0 Å². The highest BCUT2D eigenvalue weighted by atomic mass is 35.5. The van der Waals surface area contributed by atoms with Gasteiger partial charge in [-0.15, -0.1) is 0 Å². The van der Waals surface area contributed by atoms with E-state index in [0.717, 1.165) is 30.7 Å². The standard InChI is InChI=1S/C15H20ClNO4/c1-18-10-5-11(6-10)21-12-7-13(17-14(16)8-12)15(19-2)3-4-20-9-15/h7-8,10-11H,3-6,9H2,1-2H3. The maximum atomic E-state index is 6.14. The number of aromatic nitrogens is 1. The van der Waals surface area contributed by atoms with E-state index in [1.165, 1.54) is 0 Å². The fourth-order valence-electron chi connectivity index (χ4n) is 2.79. The average Bonchev–Trinajstić information content (AvgIpc) is 2.92. The Bertz CT molecular complexity index is 498. The molecule has 1 atom stereocenters. The summed E-state index contributed by atoms with van der Waals surface area (Å²) < 4.78 is 22.3. The molecule has 0 spiro atoms. The maximum absolute atomic E-state index is 6.14. The number of hydrogen-bond acceptors (Lipinski definition) is 5. The number of nitrogens with zero attached hydrogens (tertiary/aromatic N) is 1. The Kier molecular flexibility index (Phi) is 4.36. The summed E-state index contributed by atoms with van der Waals surface area (Å²) in [6.07, 6.45) is 3.07. The molecule has 0 amide bonds. The van der Waals surface area contributed by atoms with Crippen LogP contribution in [0.1, 0.15) is 25.0 Å². The SMILES string of the molecule is COC1CC(Oc2cc(Cl)nc(C3(OC)CCOC3)c2)C1. The molecule has 1 aromatic heterocycles. The fraction of sp³-hybridized carbons (Fsp3) is 0.667. The molecule has 2 heterocycles. The van der Waals surface area contributed by atoms with Gasteiger partial charge in [0.15, 0.2) is 0 Å². The van der Waals surface area contributed by atoms with Crippen LogP contribution in [0.15, 0.2) is 12.1 Å². The average molecular weight is 314 g/mol. The van der Waals surface area contributed by atoms with E-state index < -0.39 is 5.60 Å². The first-order valence-electron chi connectivity index (χ1n) is 7.15. The monoisotopic (exact) mass is 313 g/mol. The Morgan fingerprint density at radius 3 is 2.71 bits per heavy atom. The lowest BCUT2D eigenvalue weighted by molar-refractivity contribution is -0.0392. The summed E-state index contributed by atoms with van der Waals surface area (Å²) in [5.41, 5.74) is 0.255. The highest BCUT2D eigenvalue weighted by Gasteiger charge is 2.39. The normalized spacial score (nSPS) is 32.0. The van der Waals surface area contributed by atoms with Gasteiger partial charge in [-0.25, -0.2) is 4.98 Å². The Labute approximate surface area is 129 Å². The lowest BCUT2D eigenvalue weighted by Crippen LogP contribution is -2.39. The third-order valence-corrected chi connectivity index (χ3v) is 4.49. The van der Waals surface area contributed by atoms with Crippen LogP contribution in [0.4, 0.5) is 0 Å². The number of methoxy groups -OCH3 is 2. The minimum absolute atomic E-state index is 0.180. The van der Waals surface area contributed by atoms with Gasteiger partial charge in [0.25, 0.3) is 0 Å². The molecule has 116 valence electrons. The van der Waals surface area contributed by atoms with Crippen molar-refractivity contribution in [3.8, 4) is 5.75 Å². The summed E-state index contributed by atoms with van der Waals surface area (Å²) in [6.45, 7) is 1.15. The summed E-state index contributed by atoms with van der Waals surface area (Å²) in [4.78, 5) is 4.40. The van der Waals surface area contributed by atoms with Gasteiger partial charge in [-0.2, -0.15) is 0 Å². The molecule has 3 rings (SSSR count). The van der Waals surface area contributed by atoms with Crippen LogP contribution in [0.25, 0.3) is 0 Å². The molecule has 1 aromatic rings. The Morgan fingerprint density at radius 1 is 1.29 bits per heavy atom. The van der Waals surface area contributed by atoms with E-state index in [4.69, 9.17) is 30.5 Å². The molecule has 1 aliphatic heterocycles. The highest BCUT2D eigenvalue weighted by molar-refractivity contribution is 6.29. The van der Waals surface area contributed by atoms with Crippen LogP contribution in [0.5, 0.6) is 5.75 Å². The lowest BCUT2D eigenvalue weighted by atomic mass is 9.92. The first kappa shape index (κ1) is 15.0. The molecule has 1 saturated carbocycles. The maximum Gasteiger partial charge on any atom is 0.135 e. The predicted molar refractivity (Wildman–Crippen MR) is 77.8 cm³/mol. The summed E-state index contributed by atoms with van der Waals surface area (Å²) in [6, 6.07) is 3.65. The molecule has 0 radical (unpaired) electrons. The lowest BCUT2D eigenvalue weighted by Gasteiger charge is -2.34. The van der Waals surface area contributed by atoms with Gasteiger partial charge in [-0.1, -0.05) is 11.6 Å². The van der Waals surface area contributed by atoms with Crippen molar-refractivity contribution in [2.24, 2.45) is 0 Å². The van der Waals surface area contributed by atoms with Crippen molar-refractivity contribution in [3.63, 3.8) is 0 Å². The van der Waals surface area contributed by atoms with Crippen LogP contribution >= 0.6 is 11.6 Å². The molecule has 6 heteroatoms. The van der Waals surface area contributed by atoms with Crippen molar-refractivity contribution in [2.75, 3.05) is 27.4 Å². The minimum atomic E-state index is -0.516. The molecule has 0 N–H and O–H groups in total. The van der Waals surface area contributed by atoms with Crippen molar-refractivity contribution in [1.29, 1.82) is 0 Å². The second-order valence-electron chi connectivity index (χ2n) is 5.58.